The number of nitrogens with zero attached hydrogens (tertiary/aromatic N) is 1. The lowest BCUT2D eigenvalue weighted by molar-refractivity contribution is -0.115. The van der Waals surface area contributed by atoms with Crippen molar-refractivity contribution in [3.8, 4) is 17.0 Å². The number of halogens is 1. The average molecular weight is 441 g/mol. The third-order valence-corrected chi connectivity index (χ3v) is 6.68. The van der Waals surface area contributed by atoms with Gasteiger partial charge >= 0.3 is 0 Å². The molecule has 1 fully saturated rings. The van der Waals surface area contributed by atoms with Gasteiger partial charge in [0, 0.05) is 17.4 Å². The van der Waals surface area contributed by atoms with Crippen LogP contribution in [0.5, 0.6) is 5.75 Å². The summed E-state index contributed by atoms with van der Waals surface area (Å²) in [6.45, 7) is 0. The van der Waals surface area contributed by atoms with Crippen molar-refractivity contribution in [2.45, 2.75) is 24.5 Å². The predicted octanol–water partition coefficient (Wildman–Crippen LogP) is 3.68. The summed E-state index contributed by atoms with van der Waals surface area (Å²) in [6, 6.07) is 13.7. The number of carbonyl (C=O) groups excluding carboxylic acids is 1. The van der Waals surface area contributed by atoms with Crippen LogP contribution >= 0.6 is 0 Å². The largest absolute Gasteiger partial charge is 0.506 e. The Kier molecular flexibility index (Phi) is 5.60. The van der Waals surface area contributed by atoms with E-state index in [4.69, 9.17) is 0 Å². The monoisotopic (exact) mass is 441 g/mol. The molecule has 3 N–H and O–H groups in total. The van der Waals surface area contributed by atoms with Gasteiger partial charge in [-0.1, -0.05) is 6.07 Å². The Morgan fingerprint density at radius 1 is 1.10 bits per heavy atom. The Morgan fingerprint density at radius 3 is 2.48 bits per heavy atom. The average Bonchev–Trinajstić information content (AvgIpc) is 3.58. The zero-order valence-electron chi connectivity index (χ0n) is 16.4. The fourth-order valence-electron chi connectivity index (χ4n) is 3.02. The second kappa shape index (κ2) is 8.35. The second-order valence-electron chi connectivity index (χ2n) is 7.36. The Labute approximate surface area is 179 Å². The molecule has 0 aliphatic heterocycles. The second-order valence-corrected chi connectivity index (χ2v) is 9.32. The number of nitrogens with one attached hydrogen (secondary N) is 2. The minimum Gasteiger partial charge on any atom is -0.506 e. The number of sulfonamides is 1. The molecule has 0 spiro atoms. The van der Waals surface area contributed by atoms with Crippen molar-refractivity contribution >= 4 is 27.3 Å². The number of phenolic OH excluding ortho intramolecular Hbond substituents is 1. The number of rotatable bonds is 7. The Hall–Kier alpha value is -3.46. The van der Waals surface area contributed by atoms with Crippen LogP contribution in [0.1, 0.15) is 18.4 Å². The molecule has 2 aromatic carbocycles. The Bertz CT molecular complexity index is 1210. The summed E-state index contributed by atoms with van der Waals surface area (Å²) in [4.78, 5) is 16.7. The van der Waals surface area contributed by atoms with Gasteiger partial charge in [0.05, 0.1) is 23.1 Å². The van der Waals surface area contributed by atoms with Crippen LogP contribution in [0.15, 0.2) is 60.8 Å². The lowest BCUT2D eigenvalue weighted by atomic mass is 10.1. The third kappa shape index (κ3) is 5.18. The van der Waals surface area contributed by atoms with Gasteiger partial charge < -0.3 is 10.4 Å². The highest BCUT2D eigenvalue weighted by molar-refractivity contribution is 7.93. The molecule has 9 heteroatoms. The number of amides is 1. The number of anilines is 2. The first-order valence-electron chi connectivity index (χ1n) is 9.65. The lowest BCUT2D eigenvalue weighted by Crippen LogP contribution is -2.18. The summed E-state index contributed by atoms with van der Waals surface area (Å²) in [5.74, 6) is -0.865. The van der Waals surface area contributed by atoms with Gasteiger partial charge in [-0.05, 0) is 66.9 Å². The van der Waals surface area contributed by atoms with E-state index in [0.717, 1.165) is 5.56 Å². The van der Waals surface area contributed by atoms with Crippen LogP contribution in [0.4, 0.5) is 15.8 Å². The zero-order valence-corrected chi connectivity index (χ0v) is 17.2. The van der Waals surface area contributed by atoms with Crippen LogP contribution in [-0.2, 0) is 21.2 Å². The van der Waals surface area contributed by atoms with E-state index >= 15 is 0 Å². The maximum Gasteiger partial charge on any atom is 0.235 e. The SMILES string of the molecule is O=C(Cc1ccc(-c2ccc(F)cc2)nc1)Nc1ccc(O)c(NS(=O)(=O)C2CC2)c1. The van der Waals surface area contributed by atoms with E-state index in [2.05, 4.69) is 15.0 Å². The molecule has 3 aromatic rings. The summed E-state index contributed by atoms with van der Waals surface area (Å²) in [5.41, 5.74) is 2.48. The van der Waals surface area contributed by atoms with Crippen LogP contribution in [0.2, 0.25) is 0 Å². The van der Waals surface area contributed by atoms with E-state index in [1.165, 1.54) is 30.3 Å². The fraction of sp³-hybridized carbons (Fsp3) is 0.182. The summed E-state index contributed by atoms with van der Waals surface area (Å²) < 4.78 is 39.6. The molecule has 160 valence electrons. The summed E-state index contributed by atoms with van der Waals surface area (Å²) in [7, 11) is -3.54. The number of hydrogen-bond donors (Lipinski definition) is 3. The van der Waals surface area contributed by atoms with Gasteiger partial charge in [-0.3, -0.25) is 14.5 Å². The van der Waals surface area contributed by atoms with E-state index in [-0.39, 0.29) is 29.6 Å². The molecule has 0 unspecified atom stereocenters. The van der Waals surface area contributed by atoms with Gasteiger partial charge in [-0.2, -0.15) is 0 Å². The van der Waals surface area contributed by atoms with Gasteiger partial charge in [0.2, 0.25) is 15.9 Å². The molecule has 0 atom stereocenters. The first-order chi connectivity index (χ1) is 14.8. The smallest absolute Gasteiger partial charge is 0.235 e. The maximum atomic E-state index is 13.0. The minimum absolute atomic E-state index is 0.0232. The number of hydrogen-bond acceptors (Lipinski definition) is 5. The highest BCUT2D eigenvalue weighted by atomic mass is 32.2. The van der Waals surface area contributed by atoms with E-state index in [0.29, 0.717) is 29.8 Å². The highest BCUT2D eigenvalue weighted by Crippen LogP contribution is 2.33. The molecule has 7 nitrogen and oxygen atoms in total. The van der Waals surface area contributed by atoms with Crippen LogP contribution in [0.25, 0.3) is 11.3 Å². The van der Waals surface area contributed by atoms with Gasteiger partial charge in [0.1, 0.15) is 11.6 Å². The van der Waals surface area contributed by atoms with Crippen molar-refractivity contribution < 1.29 is 22.7 Å². The number of aromatic nitrogens is 1. The molecular formula is C22H20FN3O4S. The molecule has 4 rings (SSSR count). The first-order valence-corrected chi connectivity index (χ1v) is 11.2. The molecule has 1 heterocycles. The maximum absolute atomic E-state index is 13.0. The summed E-state index contributed by atoms with van der Waals surface area (Å²) in [5, 5.41) is 12.2. The molecule has 1 aromatic heterocycles. The topological polar surface area (TPSA) is 108 Å². The van der Waals surface area contributed by atoms with E-state index < -0.39 is 15.3 Å². The highest BCUT2D eigenvalue weighted by Gasteiger charge is 2.36. The molecule has 31 heavy (non-hydrogen) atoms. The van der Waals surface area contributed by atoms with E-state index in [9.17, 15) is 22.7 Å². The lowest BCUT2D eigenvalue weighted by Gasteiger charge is -2.12. The minimum atomic E-state index is -3.54. The van der Waals surface area contributed by atoms with Crippen LogP contribution in [0.3, 0.4) is 0 Å². The van der Waals surface area contributed by atoms with Crippen molar-refractivity contribution in [2.75, 3.05) is 10.0 Å². The molecular weight excluding hydrogens is 421 g/mol. The number of pyridine rings is 1. The summed E-state index contributed by atoms with van der Waals surface area (Å²) >= 11 is 0. The van der Waals surface area contributed by atoms with Crippen molar-refractivity contribution in [1.29, 1.82) is 0 Å². The Balaban J connectivity index is 1.40. The van der Waals surface area contributed by atoms with Crippen LogP contribution in [0, 0.1) is 5.82 Å². The van der Waals surface area contributed by atoms with Gasteiger partial charge in [-0.15, -0.1) is 0 Å². The fourth-order valence-corrected chi connectivity index (χ4v) is 4.41. The van der Waals surface area contributed by atoms with E-state index in [1.807, 2.05) is 0 Å². The molecule has 0 radical (unpaired) electrons. The molecule has 1 aliphatic rings. The molecule has 0 bridgehead atoms. The number of aromatic hydroxyl groups is 1. The standard InChI is InChI=1S/C22H20FN3O4S/c23-16-4-2-15(3-5-16)19-9-1-14(13-24-19)11-22(28)25-17-6-10-21(27)20(12-17)26-31(29,30)18-7-8-18/h1-6,9-10,12-13,18,26-27H,7-8,11H2,(H,25,28). The summed E-state index contributed by atoms with van der Waals surface area (Å²) in [6.07, 6.45) is 2.83. The van der Waals surface area contributed by atoms with Crippen molar-refractivity contribution in [1.82, 2.24) is 4.98 Å². The molecule has 1 saturated carbocycles. The molecule has 1 aliphatic carbocycles. The van der Waals surface area contributed by atoms with Crippen molar-refractivity contribution in [2.24, 2.45) is 0 Å². The molecule has 1 amide bonds. The predicted molar refractivity (Wildman–Crippen MR) is 116 cm³/mol. The Morgan fingerprint density at radius 2 is 1.84 bits per heavy atom. The van der Waals surface area contributed by atoms with Crippen molar-refractivity contribution in [3.63, 3.8) is 0 Å². The van der Waals surface area contributed by atoms with Crippen LogP contribution < -0.4 is 10.0 Å². The van der Waals surface area contributed by atoms with Gasteiger partial charge in [0.25, 0.3) is 0 Å². The van der Waals surface area contributed by atoms with Crippen LogP contribution in [-0.4, -0.2) is 29.7 Å². The number of carbonyl (C=O) groups is 1. The quantitative estimate of drug-likeness (QED) is 0.383. The van der Waals surface area contributed by atoms with Gasteiger partial charge in [0.15, 0.2) is 0 Å². The number of benzene rings is 2. The zero-order chi connectivity index (χ0) is 22.0. The molecule has 0 saturated heterocycles. The van der Waals surface area contributed by atoms with Crippen molar-refractivity contribution in [3.05, 3.63) is 72.2 Å². The van der Waals surface area contributed by atoms with Gasteiger partial charge in [-0.25, -0.2) is 12.8 Å². The number of phenols is 1. The van der Waals surface area contributed by atoms with E-state index in [1.54, 1.807) is 30.5 Å². The first kappa shape index (κ1) is 20.8. The third-order valence-electron chi connectivity index (χ3n) is 4.83. The normalized spacial score (nSPS) is 13.6.